The Morgan fingerprint density at radius 2 is 2.03 bits per heavy atom. The molecule has 0 aliphatic carbocycles. The van der Waals surface area contributed by atoms with E-state index in [0.717, 1.165) is 54.8 Å². The molecule has 0 saturated carbocycles. The summed E-state index contributed by atoms with van der Waals surface area (Å²) in [5.74, 6) is 0.757. The van der Waals surface area contributed by atoms with Gasteiger partial charge in [0.25, 0.3) is 0 Å². The monoisotopic (exact) mass is 413 g/mol. The minimum absolute atomic E-state index is 0.0601. The maximum atomic E-state index is 11.1. The molecule has 29 heavy (non-hydrogen) atoms. The van der Waals surface area contributed by atoms with Gasteiger partial charge >= 0.3 is 0 Å². The SMILES string of the molecule is CN=C(NCCc1ccc(NC(C)=O)cc1)NC1CCN(c2cccc(Cl)c2)C1. The number of hydrogen-bond acceptors (Lipinski definition) is 3. The predicted octanol–water partition coefficient (Wildman–Crippen LogP) is 3.28. The zero-order valence-corrected chi connectivity index (χ0v) is 17.7. The number of carbonyl (C=O) groups is 1. The van der Waals surface area contributed by atoms with Crippen LogP contribution in [0.2, 0.25) is 5.02 Å². The summed E-state index contributed by atoms with van der Waals surface area (Å²) >= 11 is 6.12. The maximum Gasteiger partial charge on any atom is 0.221 e. The van der Waals surface area contributed by atoms with Crippen molar-refractivity contribution in [3.63, 3.8) is 0 Å². The van der Waals surface area contributed by atoms with E-state index in [1.165, 1.54) is 12.5 Å². The number of amides is 1. The van der Waals surface area contributed by atoms with Gasteiger partial charge in [-0.15, -0.1) is 0 Å². The zero-order valence-electron chi connectivity index (χ0n) is 16.9. The molecule has 1 saturated heterocycles. The second kappa shape index (κ2) is 10.2. The molecule has 7 heteroatoms. The van der Waals surface area contributed by atoms with E-state index in [1.807, 2.05) is 42.5 Å². The molecule has 2 aromatic carbocycles. The van der Waals surface area contributed by atoms with Crippen molar-refractivity contribution >= 4 is 34.8 Å². The van der Waals surface area contributed by atoms with Crippen molar-refractivity contribution in [3.8, 4) is 0 Å². The minimum atomic E-state index is -0.0601. The summed E-state index contributed by atoms with van der Waals surface area (Å²) in [7, 11) is 1.79. The molecule has 1 atom stereocenters. The number of halogens is 1. The summed E-state index contributed by atoms with van der Waals surface area (Å²) in [6, 6.07) is 16.2. The number of benzene rings is 2. The van der Waals surface area contributed by atoms with Crippen molar-refractivity contribution in [1.29, 1.82) is 0 Å². The van der Waals surface area contributed by atoms with Gasteiger partial charge in [0.2, 0.25) is 5.91 Å². The normalized spacial score (nSPS) is 16.6. The molecule has 1 fully saturated rings. The third kappa shape index (κ3) is 6.39. The van der Waals surface area contributed by atoms with E-state index >= 15 is 0 Å². The van der Waals surface area contributed by atoms with E-state index in [9.17, 15) is 4.79 Å². The molecule has 1 aliphatic heterocycles. The van der Waals surface area contributed by atoms with Crippen LogP contribution in [-0.4, -0.2) is 44.6 Å². The highest BCUT2D eigenvalue weighted by Crippen LogP contribution is 2.23. The third-order valence-electron chi connectivity index (χ3n) is 4.91. The van der Waals surface area contributed by atoms with Gasteiger partial charge in [-0.3, -0.25) is 9.79 Å². The highest BCUT2D eigenvalue weighted by atomic mass is 35.5. The molecule has 154 valence electrons. The van der Waals surface area contributed by atoms with Crippen molar-refractivity contribution in [1.82, 2.24) is 10.6 Å². The molecular formula is C22H28ClN5O. The predicted molar refractivity (Wildman–Crippen MR) is 121 cm³/mol. The van der Waals surface area contributed by atoms with Crippen molar-refractivity contribution in [3.05, 3.63) is 59.1 Å². The van der Waals surface area contributed by atoms with Gasteiger partial charge in [0.15, 0.2) is 5.96 Å². The number of guanidine groups is 1. The van der Waals surface area contributed by atoms with E-state index < -0.39 is 0 Å². The lowest BCUT2D eigenvalue weighted by molar-refractivity contribution is -0.114. The number of nitrogens with zero attached hydrogens (tertiary/aromatic N) is 2. The Balaban J connectivity index is 1.43. The standard InChI is InChI=1S/C22H28ClN5O/c1-16(29)26-19-8-6-17(7-9-19)10-12-25-22(24-2)27-20-11-13-28(15-20)21-5-3-4-18(23)14-21/h3-9,14,20H,10-13,15H2,1-2H3,(H,26,29)(H2,24,25,27). The summed E-state index contributed by atoms with van der Waals surface area (Å²) < 4.78 is 0. The van der Waals surface area contributed by atoms with Crippen molar-refractivity contribution in [2.75, 3.05) is 36.9 Å². The average molecular weight is 414 g/mol. The number of nitrogens with one attached hydrogen (secondary N) is 3. The van der Waals surface area contributed by atoms with Gasteiger partial charge in [-0.25, -0.2) is 0 Å². The Labute approximate surface area is 177 Å². The van der Waals surface area contributed by atoms with Crippen LogP contribution in [-0.2, 0) is 11.2 Å². The molecular weight excluding hydrogens is 386 g/mol. The zero-order chi connectivity index (χ0) is 20.6. The van der Waals surface area contributed by atoms with Crippen LogP contribution in [0.3, 0.4) is 0 Å². The third-order valence-corrected chi connectivity index (χ3v) is 5.14. The van der Waals surface area contributed by atoms with Crippen LogP contribution in [0.25, 0.3) is 0 Å². The highest BCUT2D eigenvalue weighted by molar-refractivity contribution is 6.30. The van der Waals surface area contributed by atoms with Crippen LogP contribution in [0.5, 0.6) is 0 Å². The first-order valence-electron chi connectivity index (χ1n) is 9.88. The molecule has 6 nitrogen and oxygen atoms in total. The van der Waals surface area contributed by atoms with Gasteiger partial charge in [0.05, 0.1) is 0 Å². The van der Waals surface area contributed by atoms with E-state index in [2.05, 4.69) is 31.9 Å². The fraction of sp³-hybridized carbons (Fsp3) is 0.364. The van der Waals surface area contributed by atoms with E-state index in [-0.39, 0.29) is 5.91 Å². The number of aliphatic imine (C=N–C) groups is 1. The fourth-order valence-corrected chi connectivity index (χ4v) is 3.64. The van der Waals surface area contributed by atoms with E-state index in [1.54, 1.807) is 7.05 Å². The second-order valence-corrected chi connectivity index (χ2v) is 7.62. The molecule has 1 amide bonds. The van der Waals surface area contributed by atoms with Crippen LogP contribution >= 0.6 is 11.6 Å². The molecule has 1 aliphatic rings. The molecule has 3 N–H and O–H groups in total. The number of rotatable bonds is 6. The molecule has 2 aromatic rings. The Hall–Kier alpha value is -2.73. The van der Waals surface area contributed by atoms with Gasteiger partial charge in [-0.2, -0.15) is 0 Å². The molecule has 1 unspecified atom stereocenters. The number of anilines is 2. The van der Waals surface area contributed by atoms with Crippen molar-refractivity contribution in [2.24, 2.45) is 4.99 Å². The van der Waals surface area contributed by atoms with Gasteiger partial charge in [-0.05, 0) is 48.7 Å². The second-order valence-electron chi connectivity index (χ2n) is 7.18. The van der Waals surface area contributed by atoms with Gasteiger partial charge in [0.1, 0.15) is 0 Å². The fourth-order valence-electron chi connectivity index (χ4n) is 3.46. The summed E-state index contributed by atoms with van der Waals surface area (Å²) in [5, 5.41) is 10.4. The van der Waals surface area contributed by atoms with Crippen LogP contribution in [0.1, 0.15) is 18.9 Å². The number of hydrogen-bond donors (Lipinski definition) is 3. The first-order valence-corrected chi connectivity index (χ1v) is 10.3. The first-order chi connectivity index (χ1) is 14.0. The minimum Gasteiger partial charge on any atom is -0.369 e. The Kier molecular flexibility index (Phi) is 7.36. The van der Waals surface area contributed by atoms with Gasteiger partial charge < -0.3 is 20.9 Å². The van der Waals surface area contributed by atoms with Crippen LogP contribution in [0.15, 0.2) is 53.5 Å². The summed E-state index contributed by atoms with van der Waals surface area (Å²) in [6.07, 6.45) is 1.93. The molecule has 0 radical (unpaired) electrons. The lowest BCUT2D eigenvalue weighted by atomic mass is 10.1. The first kappa shape index (κ1) is 21.0. The van der Waals surface area contributed by atoms with Crippen LogP contribution in [0, 0.1) is 0 Å². The van der Waals surface area contributed by atoms with Gasteiger partial charge in [-0.1, -0.05) is 29.8 Å². The van der Waals surface area contributed by atoms with Crippen LogP contribution < -0.4 is 20.9 Å². The lowest BCUT2D eigenvalue weighted by Crippen LogP contribution is -2.45. The average Bonchev–Trinajstić information content (AvgIpc) is 3.17. The van der Waals surface area contributed by atoms with Crippen molar-refractivity contribution < 1.29 is 4.79 Å². The quantitative estimate of drug-likeness (QED) is 0.502. The summed E-state index contributed by atoms with van der Waals surface area (Å²) in [4.78, 5) is 17.8. The molecule has 0 bridgehead atoms. The summed E-state index contributed by atoms with van der Waals surface area (Å²) in [6.45, 7) is 4.21. The van der Waals surface area contributed by atoms with E-state index in [0.29, 0.717) is 6.04 Å². The van der Waals surface area contributed by atoms with E-state index in [4.69, 9.17) is 11.6 Å². The summed E-state index contributed by atoms with van der Waals surface area (Å²) in [5.41, 5.74) is 3.18. The molecule has 0 spiro atoms. The maximum absolute atomic E-state index is 11.1. The van der Waals surface area contributed by atoms with Crippen molar-refractivity contribution in [2.45, 2.75) is 25.8 Å². The lowest BCUT2D eigenvalue weighted by Gasteiger charge is -2.20. The van der Waals surface area contributed by atoms with Crippen LogP contribution in [0.4, 0.5) is 11.4 Å². The van der Waals surface area contributed by atoms with Gasteiger partial charge in [0, 0.05) is 56.0 Å². The smallest absolute Gasteiger partial charge is 0.221 e. The molecule has 0 aromatic heterocycles. The number of carbonyl (C=O) groups excluding carboxylic acids is 1. The topological polar surface area (TPSA) is 68.8 Å². The molecule has 3 rings (SSSR count). The Bertz CT molecular complexity index is 853. The Morgan fingerprint density at radius 1 is 1.24 bits per heavy atom. The largest absolute Gasteiger partial charge is 0.369 e. The highest BCUT2D eigenvalue weighted by Gasteiger charge is 2.23. The Morgan fingerprint density at radius 3 is 2.72 bits per heavy atom. The molecule has 1 heterocycles.